The molecule has 0 bridgehead atoms. The van der Waals surface area contributed by atoms with Crippen LogP contribution in [0.25, 0.3) is 11.1 Å². The lowest BCUT2D eigenvalue weighted by molar-refractivity contribution is 0.587. The van der Waals surface area contributed by atoms with Gasteiger partial charge in [-0.05, 0) is 29.8 Å². The van der Waals surface area contributed by atoms with E-state index in [2.05, 4.69) is 10.9 Å². The quantitative estimate of drug-likeness (QED) is 0.506. The van der Waals surface area contributed by atoms with Gasteiger partial charge in [0, 0.05) is 17.3 Å². The Bertz CT molecular complexity index is 526. The number of benzene rings is 1. The Morgan fingerprint density at radius 1 is 1.20 bits per heavy atom. The van der Waals surface area contributed by atoms with Crippen molar-refractivity contribution in [3.05, 3.63) is 54.1 Å². The van der Waals surface area contributed by atoms with Crippen LogP contribution in [0.2, 0.25) is 0 Å². The third kappa shape index (κ3) is 1.87. The SMILES string of the molecule is C#Cc1cccc(-c2cccnc2F)c1. The Morgan fingerprint density at radius 2 is 2.07 bits per heavy atom. The van der Waals surface area contributed by atoms with E-state index < -0.39 is 5.95 Å². The Labute approximate surface area is 87.6 Å². The Hall–Kier alpha value is -2.14. The third-order valence-corrected chi connectivity index (χ3v) is 2.10. The average Bonchev–Trinajstić information content (AvgIpc) is 2.30. The minimum Gasteiger partial charge on any atom is -0.228 e. The molecular weight excluding hydrogens is 189 g/mol. The predicted octanol–water partition coefficient (Wildman–Crippen LogP) is 2.87. The fraction of sp³-hybridized carbons (Fsp3) is 0. The van der Waals surface area contributed by atoms with Crippen molar-refractivity contribution in [2.45, 2.75) is 0 Å². The maximum atomic E-state index is 13.3. The van der Waals surface area contributed by atoms with E-state index in [1.807, 2.05) is 0 Å². The van der Waals surface area contributed by atoms with Crippen molar-refractivity contribution >= 4 is 0 Å². The summed E-state index contributed by atoms with van der Waals surface area (Å²) in [5.74, 6) is 2.03. The summed E-state index contributed by atoms with van der Waals surface area (Å²) in [7, 11) is 0. The van der Waals surface area contributed by atoms with Crippen molar-refractivity contribution < 1.29 is 4.39 Å². The molecule has 0 saturated heterocycles. The second kappa shape index (κ2) is 3.93. The average molecular weight is 197 g/mol. The van der Waals surface area contributed by atoms with E-state index in [1.165, 1.54) is 6.20 Å². The minimum atomic E-state index is -0.480. The van der Waals surface area contributed by atoms with Gasteiger partial charge in [0.25, 0.3) is 0 Å². The molecule has 0 saturated carbocycles. The van der Waals surface area contributed by atoms with Gasteiger partial charge in [0.1, 0.15) is 0 Å². The van der Waals surface area contributed by atoms with Crippen LogP contribution in [0, 0.1) is 18.3 Å². The van der Waals surface area contributed by atoms with Crippen LogP contribution in [0.5, 0.6) is 0 Å². The van der Waals surface area contributed by atoms with E-state index in [-0.39, 0.29) is 0 Å². The number of hydrogen-bond donors (Lipinski definition) is 0. The largest absolute Gasteiger partial charge is 0.228 e. The molecule has 0 aliphatic rings. The monoisotopic (exact) mass is 197 g/mol. The number of aromatic nitrogens is 1. The molecule has 0 aliphatic heterocycles. The lowest BCUT2D eigenvalue weighted by Gasteiger charge is -2.02. The zero-order chi connectivity index (χ0) is 10.7. The standard InChI is InChI=1S/C13H8FN/c1-2-10-5-3-6-11(9-10)12-7-4-8-15-13(12)14/h1,3-9H. The molecule has 1 aromatic carbocycles. The van der Waals surface area contributed by atoms with E-state index in [0.717, 1.165) is 11.1 Å². The summed E-state index contributed by atoms with van der Waals surface area (Å²) in [4.78, 5) is 3.59. The molecule has 2 rings (SSSR count). The molecule has 0 spiro atoms. The second-order valence-corrected chi connectivity index (χ2v) is 3.07. The molecule has 15 heavy (non-hydrogen) atoms. The predicted molar refractivity (Wildman–Crippen MR) is 57.6 cm³/mol. The summed E-state index contributed by atoms with van der Waals surface area (Å²) in [5, 5.41) is 0. The van der Waals surface area contributed by atoms with E-state index in [1.54, 1.807) is 36.4 Å². The van der Waals surface area contributed by atoms with Gasteiger partial charge in [-0.25, -0.2) is 4.98 Å². The van der Waals surface area contributed by atoms with Crippen LogP contribution in [0.3, 0.4) is 0 Å². The fourth-order valence-electron chi connectivity index (χ4n) is 1.38. The number of terminal acetylenes is 1. The Kier molecular flexibility index (Phi) is 2.47. The molecule has 1 heterocycles. The minimum absolute atomic E-state index is 0.467. The van der Waals surface area contributed by atoms with E-state index >= 15 is 0 Å². The zero-order valence-electron chi connectivity index (χ0n) is 7.94. The molecule has 0 fully saturated rings. The molecule has 72 valence electrons. The van der Waals surface area contributed by atoms with Crippen molar-refractivity contribution in [3.63, 3.8) is 0 Å². The number of pyridine rings is 1. The molecule has 0 unspecified atom stereocenters. The summed E-state index contributed by atoms with van der Waals surface area (Å²) >= 11 is 0. The maximum Gasteiger partial charge on any atom is 0.220 e. The van der Waals surface area contributed by atoms with E-state index in [0.29, 0.717) is 5.56 Å². The van der Waals surface area contributed by atoms with Crippen molar-refractivity contribution in [1.29, 1.82) is 0 Å². The van der Waals surface area contributed by atoms with Crippen molar-refractivity contribution in [2.24, 2.45) is 0 Å². The summed E-state index contributed by atoms with van der Waals surface area (Å²) in [6, 6.07) is 10.6. The van der Waals surface area contributed by atoms with Crippen molar-refractivity contribution in [2.75, 3.05) is 0 Å². The molecule has 1 nitrogen and oxygen atoms in total. The highest BCUT2D eigenvalue weighted by atomic mass is 19.1. The van der Waals surface area contributed by atoms with E-state index in [4.69, 9.17) is 6.42 Å². The lowest BCUT2D eigenvalue weighted by atomic mass is 10.0. The van der Waals surface area contributed by atoms with Crippen molar-refractivity contribution in [3.8, 4) is 23.5 Å². The van der Waals surface area contributed by atoms with Crippen LogP contribution in [-0.2, 0) is 0 Å². The van der Waals surface area contributed by atoms with Crippen LogP contribution in [0.15, 0.2) is 42.6 Å². The highest BCUT2D eigenvalue weighted by Gasteiger charge is 2.04. The number of hydrogen-bond acceptors (Lipinski definition) is 1. The summed E-state index contributed by atoms with van der Waals surface area (Å²) < 4.78 is 13.3. The van der Waals surface area contributed by atoms with Crippen LogP contribution in [-0.4, -0.2) is 4.98 Å². The molecule has 2 aromatic rings. The smallest absolute Gasteiger partial charge is 0.220 e. The molecular formula is C13H8FN. The lowest BCUT2D eigenvalue weighted by Crippen LogP contribution is -1.87. The molecule has 0 atom stereocenters. The maximum absolute atomic E-state index is 13.3. The van der Waals surface area contributed by atoms with Gasteiger partial charge in [-0.3, -0.25) is 0 Å². The number of halogens is 1. The first-order valence-electron chi connectivity index (χ1n) is 4.49. The second-order valence-electron chi connectivity index (χ2n) is 3.07. The summed E-state index contributed by atoms with van der Waals surface area (Å²) in [5.41, 5.74) is 1.95. The zero-order valence-corrected chi connectivity index (χ0v) is 7.94. The number of rotatable bonds is 1. The van der Waals surface area contributed by atoms with Crippen LogP contribution in [0.1, 0.15) is 5.56 Å². The molecule has 2 heteroatoms. The molecule has 1 aromatic heterocycles. The fourth-order valence-corrected chi connectivity index (χ4v) is 1.38. The Morgan fingerprint density at radius 3 is 2.80 bits per heavy atom. The van der Waals surface area contributed by atoms with Gasteiger partial charge in [0.2, 0.25) is 5.95 Å². The van der Waals surface area contributed by atoms with Crippen LogP contribution >= 0.6 is 0 Å². The van der Waals surface area contributed by atoms with Gasteiger partial charge >= 0.3 is 0 Å². The van der Waals surface area contributed by atoms with E-state index in [9.17, 15) is 4.39 Å². The van der Waals surface area contributed by atoms with Crippen LogP contribution < -0.4 is 0 Å². The molecule has 0 aliphatic carbocycles. The number of nitrogens with zero attached hydrogens (tertiary/aromatic N) is 1. The normalized spacial score (nSPS) is 9.60. The van der Waals surface area contributed by atoms with Gasteiger partial charge in [-0.15, -0.1) is 6.42 Å². The summed E-state index contributed by atoms with van der Waals surface area (Å²) in [6.45, 7) is 0. The summed E-state index contributed by atoms with van der Waals surface area (Å²) in [6.07, 6.45) is 6.70. The topological polar surface area (TPSA) is 12.9 Å². The van der Waals surface area contributed by atoms with Gasteiger partial charge in [0.05, 0.1) is 0 Å². The molecule has 0 N–H and O–H groups in total. The molecule has 0 radical (unpaired) electrons. The molecule has 0 amide bonds. The third-order valence-electron chi connectivity index (χ3n) is 2.10. The van der Waals surface area contributed by atoms with Crippen molar-refractivity contribution in [1.82, 2.24) is 4.98 Å². The first-order chi connectivity index (χ1) is 7.31. The van der Waals surface area contributed by atoms with Gasteiger partial charge in [0.15, 0.2) is 0 Å². The van der Waals surface area contributed by atoms with Gasteiger partial charge in [-0.2, -0.15) is 4.39 Å². The first-order valence-corrected chi connectivity index (χ1v) is 4.49. The Balaban J connectivity index is 2.55. The first kappa shape index (κ1) is 9.42. The van der Waals surface area contributed by atoms with Gasteiger partial charge < -0.3 is 0 Å². The van der Waals surface area contributed by atoms with Gasteiger partial charge in [-0.1, -0.05) is 18.1 Å². The highest BCUT2D eigenvalue weighted by molar-refractivity contribution is 5.64. The highest BCUT2D eigenvalue weighted by Crippen LogP contribution is 2.21. The van der Waals surface area contributed by atoms with Crippen LogP contribution in [0.4, 0.5) is 4.39 Å².